The third-order valence-electron chi connectivity index (χ3n) is 2.45. The number of nitrogens with two attached hydrogens (primary N) is 1. The molecule has 1 rings (SSSR count). The van der Waals surface area contributed by atoms with Gasteiger partial charge in [0.05, 0.1) is 6.10 Å². The normalized spacial score (nSPS) is 11.4. The van der Waals surface area contributed by atoms with Crippen LogP contribution in [0.3, 0.4) is 0 Å². The van der Waals surface area contributed by atoms with E-state index in [0.717, 1.165) is 5.75 Å². The van der Waals surface area contributed by atoms with Crippen LogP contribution in [-0.2, 0) is 0 Å². The smallest absolute Gasteiger partial charge is 0.251 e. The van der Waals surface area contributed by atoms with Crippen LogP contribution in [0, 0.1) is 0 Å². The van der Waals surface area contributed by atoms with Gasteiger partial charge in [-0.15, -0.1) is 0 Å². The summed E-state index contributed by atoms with van der Waals surface area (Å²) >= 11 is 0. The highest BCUT2D eigenvalue weighted by molar-refractivity contribution is 5.94. The van der Waals surface area contributed by atoms with Gasteiger partial charge in [0.2, 0.25) is 0 Å². The molecule has 1 amide bonds. The van der Waals surface area contributed by atoms with Gasteiger partial charge in [-0.1, -0.05) is 0 Å². The molecule has 0 spiro atoms. The van der Waals surface area contributed by atoms with E-state index in [1.54, 1.807) is 24.3 Å². The second-order valence-electron chi connectivity index (χ2n) is 5.23. The molecule has 0 fully saturated rings. The van der Waals surface area contributed by atoms with E-state index in [4.69, 9.17) is 10.5 Å². The molecule has 3 N–H and O–H groups in total. The SMILES string of the molecule is CC(C)Oc1ccc(C(=O)NC(C)(C)CN)cc1. The molecule has 0 heterocycles. The predicted octanol–water partition coefficient (Wildman–Crippen LogP) is 1.94. The lowest BCUT2D eigenvalue weighted by Gasteiger charge is -2.24. The molecule has 18 heavy (non-hydrogen) atoms. The minimum Gasteiger partial charge on any atom is -0.491 e. The summed E-state index contributed by atoms with van der Waals surface area (Å²) in [5.74, 6) is 0.640. The van der Waals surface area contributed by atoms with Crippen molar-refractivity contribution < 1.29 is 9.53 Å². The number of carbonyl (C=O) groups excluding carboxylic acids is 1. The van der Waals surface area contributed by atoms with Crippen molar-refractivity contribution in [3.8, 4) is 5.75 Å². The lowest BCUT2D eigenvalue weighted by Crippen LogP contribution is -2.48. The van der Waals surface area contributed by atoms with Crippen LogP contribution in [0.1, 0.15) is 38.1 Å². The van der Waals surface area contributed by atoms with E-state index in [-0.39, 0.29) is 12.0 Å². The Labute approximate surface area is 109 Å². The third kappa shape index (κ3) is 4.37. The highest BCUT2D eigenvalue weighted by Crippen LogP contribution is 2.14. The summed E-state index contributed by atoms with van der Waals surface area (Å²) < 4.78 is 5.52. The number of carbonyl (C=O) groups is 1. The minimum atomic E-state index is -0.399. The van der Waals surface area contributed by atoms with E-state index in [1.165, 1.54) is 0 Å². The Hall–Kier alpha value is -1.55. The lowest BCUT2D eigenvalue weighted by atomic mass is 10.1. The summed E-state index contributed by atoms with van der Waals surface area (Å²) in [4.78, 5) is 11.9. The van der Waals surface area contributed by atoms with Crippen LogP contribution in [0.4, 0.5) is 0 Å². The van der Waals surface area contributed by atoms with Gasteiger partial charge in [-0.3, -0.25) is 4.79 Å². The largest absolute Gasteiger partial charge is 0.491 e. The molecule has 0 radical (unpaired) electrons. The molecule has 1 aromatic rings. The topological polar surface area (TPSA) is 64.3 Å². The molecule has 0 saturated heterocycles. The average molecular weight is 250 g/mol. The molecule has 0 atom stereocenters. The summed E-state index contributed by atoms with van der Waals surface area (Å²) in [7, 11) is 0. The fourth-order valence-corrected chi connectivity index (χ4v) is 1.39. The van der Waals surface area contributed by atoms with Crippen LogP contribution >= 0.6 is 0 Å². The standard InChI is InChI=1S/C14H22N2O2/c1-10(2)18-12-7-5-11(6-8-12)13(17)16-14(3,4)9-15/h5-8,10H,9,15H2,1-4H3,(H,16,17). The lowest BCUT2D eigenvalue weighted by molar-refractivity contribution is 0.0915. The second kappa shape index (κ2) is 5.87. The molecule has 100 valence electrons. The van der Waals surface area contributed by atoms with E-state index in [1.807, 2.05) is 27.7 Å². The Balaban J connectivity index is 2.70. The van der Waals surface area contributed by atoms with E-state index in [0.29, 0.717) is 12.1 Å². The van der Waals surface area contributed by atoms with Crippen molar-refractivity contribution in [3.63, 3.8) is 0 Å². The maximum absolute atomic E-state index is 11.9. The second-order valence-corrected chi connectivity index (χ2v) is 5.23. The Bertz CT molecular complexity index is 397. The molecule has 0 unspecified atom stereocenters. The molecule has 0 aliphatic heterocycles. The van der Waals surface area contributed by atoms with E-state index < -0.39 is 5.54 Å². The van der Waals surface area contributed by atoms with Gasteiger partial charge >= 0.3 is 0 Å². The number of hydrogen-bond donors (Lipinski definition) is 2. The summed E-state index contributed by atoms with van der Waals surface area (Å²) in [6, 6.07) is 7.09. The highest BCUT2D eigenvalue weighted by atomic mass is 16.5. The predicted molar refractivity (Wildman–Crippen MR) is 72.8 cm³/mol. The van der Waals surface area contributed by atoms with Gasteiger partial charge in [0, 0.05) is 17.6 Å². The summed E-state index contributed by atoms with van der Waals surface area (Å²) in [5.41, 5.74) is 5.78. The molecular formula is C14H22N2O2. The van der Waals surface area contributed by atoms with Crippen molar-refractivity contribution in [1.29, 1.82) is 0 Å². The summed E-state index contributed by atoms with van der Waals surface area (Å²) in [6.07, 6.45) is 0.126. The molecule has 4 heteroatoms. The van der Waals surface area contributed by atoms with Gasteiger partial charge in [0.1, 0.15) is 5.75 Å². The number of benzene rings is 1. The Morgan fingerprint density at radius 2 is 1.89 bits per heavy atom. The molecule has 1 aromatic carbocycles. The van der Waals surface area contributed by atoms with Crippen LogP contribution in [-0.4, -0.2) is 24.1 Å². The first kappa shape index (κ1) is 14.5. The highest BCUT2D eigenvalue weighted by Gasteiger charge is 2.19. The fraction of sp³-hybridized carbons (Fsp3) is 0.500. The quantitative estimate of drug-likeness (QED) is 0.839. The van der Waals surface area contributed by atoms with Crippen molar-refractivity contribution in [2.45, 2.75) is 39.3 Å². The Kier molecular flexibility index (Phi) is 4.73. The van der Waals surface area contributed by atoms with Crippen LogP contribution < -0.4 is 15.8 Å². The van der Waals surface area contributed by atoms with Crippen LogP contribution in [0.25, 0.3) is 0 Å². The van der Waals surface area contributed by atoms with Crippen LogP contribution in [0.5, 0.6) is 5.75 Å². The van der Waals surface area contributed by atoms with Gasteiger partial charge in [-0.05, 0) is 52.0 Å². The van der Waals surface area contributed by atoms with Crippen molar-refractivity contribution in [3.05, 3.63) is 29.8 Å². The molecule has 0 aliphatic carbocycles. The minimum absolute atomic E-state index is 0.124. The number of nitrogens with one attached hydrogen (secondary N) is 1. The Morgan fingerprint density at radius 1 is 1.33 bits per heavy atom. The number of hydrogen-bond acceptors (Lipinski definition) is 3. The van der Waals surface area contributed by atoms with Crippen molar-refractivity contribution >= 4 is 5.91 Å². The molecule has 0 aromatic heterocycles. The van der Waals surface area contributed by atoms with Gasteiger partial charge in [0.25, 0.3) is 5.91 Å². The summed E-state index contributed by atoms with van der Waals surface area (Å²) in [5, 5.41) is 2.88. The van der Waals surface area contributed by atoms with Gasteiger partial charge in [0.15, 0.2) is 0 Å². The zero-order chi connectivity index (χ0) is 13.8. The summed E-state index contributed by atoms with van der Waals surface area (Å²) in [6.45, 7) is 8.10. The number of rotatable bonds is 5. The van der Waals surface area contributed by atoms with Gasteiger partial charge in [-0.2, -0.15) is 0 Å². The third-order valence-corrected chi connectivity index (χ3v) is 2.45. The van der Waals surface area contributed by atoms with Crippen molar-refractivity contribution in [1.82, 2.24) is 5.32 Å². The van der Waals surface area contributed by atoms with Gasteiger partial charge in [-0.25, -0.2) is 0 Å². The number of ether oxygens (including phenoxy) is 1. The first-order chi connectivity index (χ1) is 8.34. The number of amides is 1. The molecule has 0 saturated carbocycles. The molecule has 0 aliphatic rings. The average Bonchev–Trinajstić information content (AvgIpc) is 2.28. The van der Waals surface area contributed by atoms with E-state index in [2.05, 4.69) is 5.32 Å². The first-order valence-electron chi connectivity index (χ1n) is 6.13. The maximum atomic E-state index is 11.9. The molecule has 0 bridgehead atoms. The first-order valence-corrected chi connectivity index (χ1v) is 6.13. The zero-order valence-corrected chi connectivity index (χ0v) is 11.5. The van der Waals surface area contributed by atoms with Crippen molar-refractivity contribution in [2.24, 2.45) is 5.73 Å². The Morgan fingerprint density at radius 3 is 2.33 bits per heavy atom. The van der Waals surface area contributed by atoms with E-state index in [9.17, 15) is 4.79 Å². The molecular weight excluding hydrogens is 228 g/mol. The van der Waals surface area contributed by atoms with Crippen LogP contribution in [0.15, 0.2) is 24.3 Å². The molecule has 4 nitrogen and oxygen atoms in total. The van der Waals surface area contributed by atoms with E-state index >= 15 is 0 Å². The monoisotopic (exact) mass is 250 g/mol. The van der Waals surface area contributed by atoms with Crippen LogP contribution in [0.2, 0.25) is 0 Å². The van der Waals surface area contributed by atoms with Crippen molar-refractivity contribution in [2.75, 3.05) is 6.54 Å². The maximum Gasteiger partial charge on any atom is 0.251 e. The zero-order valence-electron chi connectivity index (χ0n) is 11.5. The van der Waals surface area contributed by atoms with Gasteiger partial charge < -0.3 is 15.8 Å². The fourth-order valence-electron chi connectivity index (χ4n) is 1.39.